The lowest BCUT2D eigenvalue weighted by Gasteiger charge is -2.17. The molecule has 7 nitrogen and oxygen atoms in total. The zero-order valence-electron chi connectivity index (χ0n) is 13.2. The number of aryl methyl sites for hydroxylation is 1. The van der Waals surface area contributed by atoms with Gasteiger partial charge in [-0.1, -0.05) is 13.8 Å². The molecule has 9 heteroatoms. The molecule has 0 radical (unpaired) electrons. The van der Waals surface area contributed by atoms with E-state index in [4.69, 9.17) is 0 Å². The van der Waals surface area contributed by atoms with E-state index in [1.54, 1.807) is 13.8 Å². The maximum absolute atomic E-state index is 12.2. The number of hydrogen-bond acceptors (Lipinski definition) is 5. The molecule has 1 saturated heterocycles. The monoisotopic (exact) mass is 360 g/mol. The molecule has 1 aliphatic heterocycles. The quantitative estimate of drug-likeness (QED) is 0.844. The number of nitrogens with zero attached hydrogens (tertiary/aromatic N) is 1. The molecule has 2 rings (SSSR count). The smallest absolute Gasteiger partial charge is 0.244 e. The van der Waals surface area contributed by atoms with Gasteiger partial charge < -0.3 is 0 Å². The zero-order valence-corrected chi connectivity index (χ0v) is 14.9. The lowest BCUT2D eigenvalue weighted by Crippen LogP contribution is -2.30. The Labute approximate surface area is 136 Å². The molecule has 1 N–H and O–H groups in total. The van der Waals surface area contributed by atoms with Crippen LogP contribution in [0.4, 0.5) is 5.69 Å². The second-order valence-electron chi connectivity index (χ2n) is 5.63. The van der Waals surface area contributed by atoms with Gasteiger partial charge in [-0.3, -0.25) is 4.79 Å². The van der Waals surface area contributed by atoms with Crippen LogP contribution in [0.3, 0.4) is 0 Å². The highest BCUT2D eigenvalue weighted by molar-refractivity contribution is 7.94. The van der Waals surface area contributed by atoms with Crippen molar-refractivity contribution in [3.63, 3.8) is 0 Å². The van der Waals surface area contributed by atoms with Gasteiger partial charge in [-0.25, -0.2) is 25.9 Å². The van der Waals surface area contributed by atoms with E-state index in [1.165, 1.54) is 18.2 Å². The fourth-order valence-electron chi connectivity index (χ4n) is 2.46. The largest absolute Gasteiger partial charge is 0.273 e. The first-order valence-electron chi connectivity index (χ1n) is 7.27. The Morgan fingerprint density at radius 3 is 2.48 bits per heavy atom. The van der Waals surface area contributed by atoms with Crippen LogP contribution in [0, 0.1) is 12.8 Å². The Bertz CT molecular complexity index is 831. The average Bonchev–Trinajstić information content (AvgIpc) is 2.64. The SMILES string of the molecule is CCCNS(=O)(=O)c1ccc(N2C(=O)C(C)CS2(=O)=O)cc1C. The van der Waals surface area contributed by atoms with Gasteiger partial charge in [-0.05, 0) is 37.1 Å². The summed E-state index contributed by atoms with van der Waals surface area (Å²) >= 11 is 0. The number of amides is 1. The van der Waals surface area contributed by atoms with Crippen molar-refractivity contribution >= 4 is 31.6 Å². The molecule has 0 saturated carbocycles. The van der Waals surface area contributed by atoms with Crippen LogP contribution in [0.1, 0.15) is 25.8 Å². The third-order valence-electron chi connectivity index (χ3n) is 3.59. The number of benzene rings is 1. The van der Waals surface area contributed by atoms with Crippen LogP contribution in [0.2, 0.25) is 0 Å². The highest BCUT2D eigenvalue weighted by Crippen LogP contribution is 2.30. The van der Waals surface area contributed by atoms with Crippen molar-refractivity contribution in [2.75, 3.05) is 16.6 Å². The molecule has 1 aromatic carbocycles. The van der Waals surface area contributed by atoms with Crippen LogP contribution >= 0.6 is 0 Å². The van der Waals surface area contributed by atoms with Crippen molar-refractivity contribution in [2.24, 2.45) is 5.92 Å². The number of nitrogens with one attached hydrogen (secondary N) is 1. The van der Waals surface area contributed by atoms with E-state index in [0.717, 1.165) is 4.31 Å². The first-order valence-corrected chi connectivity index (χ1v) is 10.4. The van der Waals surface area contributed by atoms with E-state index in [1.807, 2.05) is 6.92 Å². The molecule has 0 bridgehead atoms. The van der Waals surface area contributed by atoms with Crippen LogP contribution < -0.4 is 9.03 Å². The van der Waals surface area contributed by atoms with Crippen molar-refractivity contribution < 1.29 is 21.6 Å². The fourth-order valence-corrected chi connectivity index (χ4v) is 5.63. The van der Waals surface area contributed by atoms with Gasteiger partial charge in [0.1, 0.15) is 0 Å². The average molecular weight is 360 g/mol. The molecule has 1 aliphatic rings. The summed E-state index contributed by atoms with van der Waals surface area (Å²) in [6.45, 7) is 5.30. The predicted molar refractivity (Wildman–Crippen MR) is 87.1 cm³/mol. The highest BCUT2D eigenvalue weighted by Gasteiger charge is 2.42. The van der Waals surface area contributed by atoms with Crippen LogP contribution in [-0.2, 0) is 24.8 Å². The number of anilines is 1. The molecule has 1 unspecified atom stereocenters. The highest BCUT2D eigenvalue weighted by atomic mass is 32.2. The van der Waals surface area contributed by atoms with Crippen LogP contribution in [0.5, 0.6) is 0 Å². The van der Waals surface area contributed by atoms with Crippen LogP contribution in [0.15, 0.2) is 23.1 Å². The third-order valence-corrected chi connectivity index (χ3v) is 7.07. The van der Waals surface area contributed by atoms with Gasteiger partial charge in [-0.2, -0.15) is 0 Å². The molecule has 128 valence electrons. The summed E-state index contributed by atoms with van der Waals surface area (Å²) in [7, 11) is -7.35. The van der Waals surface area contributed by atoms with E-state index < -0.39 is 31.9 Å². The maximum atomic E-state index is 12.2. The number of carbonyl (C=O) groups is 1. The van der Waals surface area contributed by atoms with Crippen LogP contribution in [-0.4, -0.2) is 35.0 Å². The van der Waals surface area contributed by atoms with Crippen LogP contribution in [0.25, 0.3) is 0 Å². The summed E-state index contributed by atoms with van der Waals surface area (Å²) in [6.07, 6.45) is 0.661. The Kier molecular flexibility index (Phi) is 4.84. The molecule has 0 spiro atoms. The molecular weight excluding hydrogens is 340 g/mol. The first kappa shape index (κ1) is 17.9. The van der Waals surface area contributed by atoms with Gasteiger partial charge in [0, 0.05) is 6.54 Å². The standard InChI is InChI=1S/C14H20N2O5S2/c1-4-7-15-23(20,21)13-6-5-12(8-10(13)2)16-14(17)11(3)9-22(16,18)19/h5-6,8,11,15H,4,7,9H2,1-3H3. The first-order chi connectivity index (χ1) is 10.6. The summed E-state index contributed by atoms with van der Waals surface area (Å²) in [5.41, 5.74) is 0.556. The van der Waals surface area contributed by atoms with Gasteiger partial charge in [0.2, 0.25) is 26.0 Å². The van der Waals surface area contributed by atoms with E-state index in [2.05, 4.69) is 4.72 Å². The van der Waals surface area contributed by atoms with Crippen molar-refractivity contribution in [2.45, 2.75) is 32.1 Å². The molecule has 0 aromatic heterocycles. The van der Waals surface area contributed by atoms with E-state index in [9.17, 15) is 21.6 Å². The van der Waals surface area contributed by atoms with E-state index >= 15 is 0 Å². The Balaban J connectivity index is 2.43. The Hall–Kier alpha value is -1.45. The van der Waals surface area contributed by atoms with Crippen molar-refractivity contribution in [1.82, 2.24) is 4.72 Å². The molecule has 1 fully saturated rings. The number of rotatable bonds is 5. The molecular formula is C14H20N2O5S2. The topological polar surface area (TPSA) is 101 Å². The second-order valence-corrected chi connectivity index (χ2v) is 9.23. The van der Waals surface area contributed by atoms with E-state index in [0.29, 0.717) is 18.5 Å². The zero-order chi connectivity index (χ0) is 17.4. The Morgan fingerprint density at radius 1 is 1.35 bits per heavy atom. The molecule has 1 heterocycles. The lowest BCUT2D eigenvalue weighted by molar-refractivity contribution is -0.119. The minimum atomic E-state index is -3.70. The summed E-state index contributed by atoms with van der Waals surface area (Å²) in [5.74, 6) is -1.33. The molecule has 1 aromatic rings. The van der Waals surface area contributed by atoms with Gasteiger partial charge in [0.15, 0.2) is 0 Å². The van der Waals surface area contributed by atoms with Gasteiger partial charge in [-0.15, -0.1) is 0 Å². The number of hydrogen-bond donors (Lipinski definition) is 1. The van der Waals surface area contributed by atoms with Gasteiger partial charge in [0.05, 0.1) is 22.3 Å². The minimum Gasteiger partial charge on any atom is -0.273 e. The van der Waals surface area contributed by atoms with Crippen molar-refractivity contribution in [3.05, 3.63) is 23.8 Å². The predicted octanol–water partition coefficient (Wildman–Crippen LogP) is 0.996. The number of sulfonamides is 2. The molecule has 0 aliphatic carbocycles. The Morgan fingerprint density at radius 2 is 2.00 bits per heavy atom. The summed E-state index contributed by atoms with van der Waals surface area (Å²) < 4.78 is 51.8. The van der Waals surface area contributed by atoms with Gasteiger partial charge >= 0.3 is 0 Å². The summed E-state index contributed by atoms with van der Waals surface area (Å²) in [5, 5.41) is 0. The molecule has 23 heavy (non-hydrogen) atoms. The number of carbonyl (C=O) groups excluding carboxylic acids is 1. The van der Waals surface area contributed by atoms with Gasteiger partial charge in [0.25, 0.3) is 0 Å². The summed E-state index contributed by atoms with van der Waals surface area (Å²) in [6, 6.07) is 4.09. The minimum absolute atomic E-state index is 0.0757. The second kappa shape index (κ2) is 6.21. The summed E-state index contributed by atoms with van der Waals surface area (Å²) in [4.78, 5) is 12.1. The fraction of sp³-hybridized carbons (Fsp3) is 0.500. The molecule has 1 amide bonds. The van der Waals surface area contributed by atoms with Crippen molar-refractivity contribution in [1.29, 1.82) is 0 Å². The lowest BCUT2D eigenvalue weighted by atomic mass is 10.2. The normalized spacial score (nSPS) is 20.9. The third kappa shape index (κ3) is 3.41. The maximum Gasteiger partial charge on any atom is 0.244 e. The molecule has 1 atom stereocenters. The van der Waals surface area contributed by atoms with E-state index in [-0.39, 0.29) is 16.3 Å². The van der Waals surface area contributed by atoms with Crippen molar-refractivity contribution in [3.8, 4) is 0 Å².